The van der Waals surface area contributed by atoms with Gasteiger partial charge < -0.3 is 14.2 Å². The quantitative estimate of drug-likeness (QED) is 0.794. The molecule has 1 N–H and O–H groups in total. The monoisotopic (exact) mass is 427 g/mol. The van der Waals surface area contributed by atoms with Crippen LogP contribution in [0.2, 0.25) is 0 Å². The topological polar surface area (TPSA) is 96.8 Å². The summed E-state index contributed by atoms with van der Waals surface area (Å²) in [6.45, 7) is 7.28. The maximum Gasteiger partial charge on any atom is 0.410 e. The first-order valence-electron chi connectivity index (χ1n) is 10.7. The fourth-order valence-corrected chi connectivity index (χ4v) is 4.24. The summed E-state index contributed by atoms with van der Waals surface area (Å²) < 4.78 is 7.61. The summed E-state index contributed by atoms with van der Waals surface area (Å²) in [4.78, 5) is 43.8. The number of likely N-dealkylation sites (tertiary alicyclic amines) is 1. The first-order chi connectivity index (χ1) is 14.6. The van der Waals surface area contributed by atoms with Gasteiger partial charge in [0.25, 0.3) is 0 Å². The van der Waals surface area contributed by atoms with Gasteiger partial charge in [-0.05, 0) is 45.7 Å². The van der Waals surface area contributed by atoms with E-state index in [0.717, 1.165) is 23.9 Å². The van der Waals surface area contributed by atoms with Crippen molar-refractivity contribution in [3.63, 3.8) is 0 Å². The zero-order chi connectivity index (χ0) is 22.3. The summed E-state index contributed by atoms with van der Waals surface area (Å²) in [6.07, 6.45) is 3.40. The van der Waals surface area contributed by atoms with Crippen molar-refractivity contribution >= 4 is 34.8 Å². The maximum atomic E-state index is 12.3. The number of hydrogen-bond donors (Lipinski definition) is 1. The number of hydrogen-bond acceptors (Lipinski definition) is 5. The molecule has 4 amide bonds. The molecule has 2 fully saturated rings. The molecule has 0 spiro atoms. The summed E-state index contributed by atoms with van der Waals surface area (Å²) in [5.41, 5.74) is 3.15. The van der Waals surface area contributed by atoms with Crippen molar-refractivity contribution in [3.8, 4) is 0 Å². The lowest BCUT2D eigenvalue weighted by Gasteiger charge is -2.33. The highest BCUT2D eigenvalue weighted by molar-refractivity contribution is 6.06. The van der Waals surface area contributed by atoms with Crippen LogP contribution in [0.25, 0.3) is 11.0 Å². The van der Waals surface area contributed by atoms with E-state index in [1.807, 2.05) is 33.9 Å². The van der Waals surface area contributed by atoms with Crippen LogP contribution in [0, 0.1) is 0 Å². The van der Waals surface area contributed by atoms with E-state index in [4.69, 9.17) is 4.74 Å². The predicted octanol–water partition coefficient (Wildman–Crippen LogP) is 3.13. The van der Waals surface area contributed by atoms with E-state index in [9.17, 15) is 14.4 Å². The number of nitrogens with one attached hydrogen (secondary N) is 1. The molecule has 2 aliphatic rings. The van der Waals surface area contributed by atoms with Gasteiger partial charge in [0.1, 0.15) is 5.60 Å². The number of pyridine rings is 1. The highest BCUT2D eigenvalue weighted by atomic mass is 16.6. The molecule has 2 saturated heterocycles. The van der Waals surface area contributed by atoms with Crippen LogP contribution >= 0.6 is 0 Å². The van der Waals surface area contributed by atoms with Gasteiger partial charge in [0, 0.05) is 44.7 Å². The molecule has 2 aliphatic heterocycles. The van der Waals surface area contributed by atoms with E-state index in [1.165, 1.54) is 5.69 Å². The van der Waals surface area contributed by atoms with E-state index in [1.54, 1.807) is 16.0 Å². The zero-order valence-electron chi connectivity index (χ0n) is 18.5. The van der Waals surface area contributed by atoms with Crippen molar-refractivity contribution in [2.75, 3.05) is 24.5 Å². The lowest BCUT2D eigenvalue weighted by atomic mass is 9.93. The molecule has 0 bridgehead atoms. The lowest BCUT2D eigenvalue weighted by Crippen LogP contribution is -2.49. The molecule has 9 nitrogen and oxygen atoms in total. The second-order valence-corrected chi connectivity index (χ2v) is 9.22. The Morgan fingerprint density at radius 3 is 2.52 bits per heavy atom. The fraction of sp³-hybridized carbons (Fsp3) is 0.545. The number of aryl methyl sites for hydroxylation is 1. The molecule has 4 heterocycles. The van der Waals surface area contributed by atoms with Gasteiger partial charge in [0.15, 0.2) is 0 Å². The molecule has 0 atom stereocenters. The number of fused-ring (bicyclic) bond motifs is 1. The van der Waals surface area contributed by atoms with Crippen molar-refractivity contribution in [2.24, 2.45) is 7.05 Å². The average molecular weight is 428 g/mol. The number of nitrogens with zero attached hydrogens (tertiary/aromatic N) is 4. The summed E-state index contributed by atoms with van der Waals surface area (Å²) in [6, 6.07) is 3.62. The Morgan fingerprint density at radius 2 is 1.87 bits per heavy atom. The standard InChI is InChI=1S/C22H29N5O4/c1-22(2,3)31-21(30)26-8-5-14(6-9-26)17-12-16-18(25(17)4)11-15(13-23-16)27-10-7-19(28)24-20(27)29/h11-14H,5-10H2,1-4H3,(H,24,28,29). The first kappa shape index (κ1) is 21.1. The third kappa shape index (κ3) is 4.35. The van der Waals surface area contributed by atoms with E-state index in [-0.39, 0.29) is 18.4 Å². The van der Waals surface area contributed by atoms with E-state index >= 15 is 0 Å². The number of anilines is 1. The molecule has 2 aromatic heterocycles. The van der Waals surface area contributed by atoms with Crippen LogP contribution in [0.15, 0.2) is 18.3 Å². The molecule has 31 heavy (non-hydrogen) atoms. The Hall–Kier alpha value is -3.10. The van der Waals surface area contributed by atoms with Gasteiger partial charge in [-0.25, -0.2) is 9.59 Å². The maximum absolute atomic E-state index is 12.3. The molecule has 4 rings (SSSR count). The summed E-state index contributed by atoms with van der Waals surface area (Å²) in [7, 11) is 2.00. The number of carbonyl (C=O) groups is 3. The minimum atomic E-state index is -0.494. The number of ether oxygens (including phenoxy) is 1. The van der Waals surface area contributed by atoms with Gasteiger partial charge in [-0.3, -0.25) is 20.0 Å². The van der Waals surface area contributed by atoms with Crippen LogP contribution in [-0.4, -0.2) is 57.7 Å². The van der Waals surface area contributed by atoms with Gasteiger partial charge in [0.2, 0.25) is 5.91 Å². The molecular weight excluding hydrogens is 398 g/mol. The number of amides is 4. The zero-order valence-corrected chi connectivity index (χ0v) is 18.5. The number of aromatic nitrogens is 2. The Morgan fingerprint density at radius 1 is 1.16 bits per heavy atom. The molecule has 0 aromatic carbocycles. The molecule has 0 aliphatic carbocycles. The smallest absolute Gasteiger partial charge is 0.410 e. The second-order valence-electron chi connectivity index (χ2n) is 9.22. The summed E-state index contributed by atoms with van der Waals surface area (Å²) >= 11 is 0. The largest absolute Gasteiger partial charge is 0.444 e. The highest BCUT2D eigenvalue weighted by Crippen LogP contribution is 2.33. The van der Waals surface area contributed by atoms with E-state index in [0.29, 0.717) is 31.2 Å². The number of urea groups is 1. The van der Waals surface area contributed by atoms with Gasteiger partial charge in [-0.1, -0.05) is 0 Å². The Balaban J connectivity index is 1.49. The van der Waals surface area contributed by atoms with Crippen molar-refractivity contribution in [1.82, 2.24) is 19.8 Å². The molecule has 2 aromatic rings. The molecular formula is C22H29N5O4. The van der Waals surface area contributed by atoms with E-state index < -0.39 is 11.6 Å². The SMILES string of the molecule is Cn1c(C2CCN(C(=O)OC(C)(C)C)CC2)cc2ncc(N3CCC(=O)NC3=O)cc21. The second kappa shape index (κ2) is 7.86. The highest BCUT2D eigenvalue weighted by Gasteiger charge is 2.29. The Labute approximate surface area is 181 Å². The predicted molar refractivity (Wildman–Crippen MR) is 116 cm³/mol. The minimum absolute atomic E-state index is 0.255. The van der Waals surface area contributed by atoms with Crippen molar-refractivity contribution in [1.29, 1.82) is 0 Å². The number of imide groups is 1. The Bertz CT molecular complexity index is 1030. The van der Waals surface area contributed by atoms with Crippen LogP contribution in [0.3, 0.4) is 0 Å². The molecule has 0 saturated carbocycles. The molecule has 166 valence electrons. The number of piperidine rings is 1. The van der Waals surface area contributed by atoms with Gasteiger partial charge >= 0.3 is 12.1 Å². The molecule has 9 heteroatoms. The van der Waals surface area contributed by atoms with E-state index in [2.05, 4.69) is 20.9 Å². The summed E-state index contributed by atoms with van der Waals surface area (Å²) in [5, 5.41) is 2.35. The minimum Gasteiger partial charge on any atom is -0.444 e. The molecule has 0 unspecified atom stereocenters. The third-order valence-electron chi connectivity index (χ3n) is 5.85. The first-order valence-corrected chi connectivity index (χ1v) is 10.7. The van der Waals surface area contributed by atoms with Gasteiger partial charge in [0.05, 0.1) is 22.9 Å². The number of carbonyl (C=O) groups excluding carboxylic acids is 3. The normalized spacial score (nSPS) is 18.5. The van der Waals surface area contributed by atoms with Crippen LogP contribution in [0.4, 0.5) is 15.3 Å². The van der Waals surface area contributed by atoms with Gasteiger partial charge in [-0.2, -0.15) is 0 Å². The third-order valence-corrected chi connectivity index (χ3v) is 5.85. The van der Waals surface area contributed by atoms with Crippen LogP contribution < -0.4 is 10.2 Å². The Kier molecular flexibility index (Phi) is 5.36. The van der Waals surface area contributed by atoms with Crippen molar-refractivity contribution < 1.29 is 19.1 Å². The number of rotatable bonds is 2. The fourth-order valence-electron chi connectivity index (χ4n) is 4.24. The van der Waals surface area contributed by atoms with Gasteiger partial charge in [-0.15, -0.1) is 0 Å². The van der Waals surface area contributed by atoms with Crippen LogP contribution in [-0.2, 0) is 16.6 Å². The van der Waals surface area contributed by atoms with Crippen LogP contribution in [0.1, 0.15) is 51.6 Å². The lowest BCUT2D eigenvalue weighted by molar-refractivity contribution is -0.120. The van der Waals surface area contributed by atoms with Crippen molar-refractivity contribution in [2.45, 2.75) is 51.6 Å². The van der Waals surface area contributed by atoms with Crippen molar-refractivity contribution in [3.05, 3.63) is 24.0 Å². The average Bonchev–Trinajstić information content (AvgIpc) is 3.03. The summed E-state index contributed by atoms with van der Waals surface area (Å²) in [5.74, 6) is 0.0615. The van der Waals surface area contributed by atoms with Crippen LogP contribution in [0.5, 0.6) is 0 Å². The molecule has 0 radical (unpaired) electrons.